The second kappa shape index (κ2) is 8.48. The van der Waals surface area contributed by atoms with Gasteiger partial charge in [-0.3, -0.25) is 9.59 Å². The van der Waals surface area contributed by atoms with Gasteiger partial charge in [-0.1, -0.05) is 30.3 Å². The average molecular weight is 272 g/mol. The predicted octanol–water partition coefficient (Wildman–Crippen LogP) is 1.66. The summed E-state index contributed by atoms with van der Waals surface area (Å²) in [5.41, 5.74) is 0.921. The monoisotopic (exact) mass is 272 g/mol. The van der Waals surface area contributed by atoms with Crippen molar-refractivity contribution in [3.05, 3.63) is 42.0 Å². The summed E-state index contributed by atoms with van der Waals surface area (Å²) in [6.07, 6.45) is 2.36. The number of esters is 1. The Bertz CT molecular complexity index is 518. The molecule has 0 aromatic heterocycles. The van der Waals surface area contributed by atoms with Crippen molar-refractivity contribution in [3.63, 3.8) is 0 Å². The molecule has 20 heavy (non-hydrogen) atoms. The maximum Gasteiger partial charge on any atom is 0.308 e. The van der Waals surface area contributed by atoms with Gasteiger partial charge in [0.2, 0.25) is 5.91 Å². The van der Waals surface area contributed by atoms with Gasteiger partial charge in [0.15, 0.2) is 6.10 Å². The molecule has 0 aliphatic carbocycles. The number of carbonyl (C=O) groups excluding carboxylic acids is 2. The molecule has 0 saturated carbocycles. The molecule has 5 heteroatoms. The zero-order valence-corrected chi connectivity index (χ0v) is 11.2. The van der Waals surface area contributed by atoms with Crippen molar-refractivity contribution in [2.75, 3.05) is 6.54 Å². The number of hydrogen-bond donors (Lipinski definition) is 1. The van der Waals surface area contributed by atoms with Crippen molar-refractivity contribution < 1.29 is 14.3 Å². The van der Waals surface area contributed by atoms with Crippen LogP contribution in [0.15, 0.2) is 36.4 Å². The summed E-state index contributed by atoms with van der Waals surface area (Å²) in [6, 6.07) is 11.2. The van der Waals surface area contributed by atoms with E-state index in [0.717, 1.165) is 5.56 Å². The molecule has 0 aliphatic heterocycles. The second-order valence-electron chi connectivity index (χ2n) is 4.05. The van der Waals surface area contributed by atoms with Crippen LogP contribution in [-0.2, 0) is 14.3 Å². The van der Waals surface area contributed by atoms with E-state index < -0.39 is 12.1 Å². The fraction of sp³-hybridized carbons (Fsp3) is 0.267. The molecule has 0 unspecified atom stereocenters. The number of amides is 1. The number of nitrogens with one attached hydrogen (secondary N) is 1. The molecular weight excluding hydrogens is 256 g/mol. The maximum atomic E-state index is 11.5. The van der Waals surface area contributed by atoms with E-state index >= 15 is 0 Å². The van der Waals surface area contributed by atoms with Crippen LogP contribution < -0.4 is 5.32 Å². The highest BCUT2D eigenvalue weighted by Crippen LogP contribution is 2.00. The van der Waals surface area contributed by atoms with E-state index in [9.17, 15) is 9.59 Å². The van der Waals surface area contributed by atoms with E-state index in [1.165, 1.54) is 13.0 Å². The zero-order valence-electron chi connectivity index (χ0n) is 11.2. The highest BCUT2D eigenvalue weighted by Gasteiger charge is 2.08. The van der Waals surface area contributed by atoms with Crippen LogP contribution in [0.4, 0.5) is 0 Å². The first-order valence-electron chi connectivity index (χ1n) is 6.22. The molecule has 1 N–H and O–H groups in total. The second-order valence-corrected chi connectivity index (χ2v) is 4.05. The van der Waals surface area contributed by atoms with Crippen LogP contribution >= 0.6 is 0 Å². The molecular formula is C15H16N2O3. The molecule has 1 amide bonds. The summed E-state index contributed by atoms with van der Waals surface area (Å²) in [5.74, 6) is -0.790. The minimum atomic E-state index is -0.767. The Morgan fingerprint density at radius 3 is 2.75 bits per heavy atom. The van der Waals surface area contributed by atoms with E-state index in [1.54, 1.807) is 12.1 Å². The van der Waals surface area contributed by atoms with Gasteiger partial charge in [-0.05, 0) is 18.6 Å². The van der Waals surface area contributed by atoms with Crippen LogP contribution in [0.1, 0.15) is 18.9 Å². The molecule has 0 saturated heterocycles. The lowest BCUT2D eigenvalue weighted by molar-refractivity contribution is -0.145. The molecule has 1 aromatic carbocycles. The molecule has 104 valence electrons. The van der Waals surface area contributed by atoms with Crippen LogP contribution in [0.3, 0.4) is 0 Å². The Labute approximate surface area is 117 Å². The van der Waals surface area contributed by atoms with E-state index in [2.05, 4.69) is 5.32 Å². The van der Waals surface area contributed by atoms with Gasteiger partial charge in [-0.2, -0.15) is 5.26 Å². The molecule has 0 aliphatic rings. The normalized spacial score (nSPS) is 11.6. The number of rotatable bonds is 6. The van der Waals surface area contributed by atoms with Crippen LogP contribution in [0.2, 0.25) is 0 Å². The van der Waals surface area contributed by atoms with E-state index in [0.29, 0.717) is 0 Å². The lowest BCUT2D eigenvalue weighted by Crippen LogP contribution is -2.25. The quantitative estimate of drug-likeness (QED) is 0.631. The first-order valence-corrected chi connectivity index (χ1v) is 6.22. The van der Waals surface area contributed by atoms with Crippen LogP contribution in [0.25, 0.3) is 6.08 Å². The Morgan fingerprint density at radius 2 is 2.10 bits per heavy atom. The van der Waals surface area contributed by atoms with Crippen LogP contribution in [-0.4, -0.2) is 24.5 Å². The van der Waals surface area contributed by atoms with Crippen LogP contribution in [0.5, 0.6) is 0 Å². The standard InChI is InChI=1S/C15H16N2O3/c1-12(11-16)20-15(19)9-10-17-14(18)8-7-13-5-3-2-4-6-13/h2-8,12H,9-10H2,1H3,(H,17,18)/b8-7+/t12-/m0/s1. The van der Waals surface area contributed by atoms with Gasteiger partial charge in [-0.15, -0.1) is 0 Å². The zero-order chi connectivity index (χ0) is 14.8. The molecule has 0 bridgehead atoms. The molecule has 1 atom stereocenters. The van der Waals surface area contributed by atoms with Crippen molar-refractivity contribution >= 4 is 18.0 Å². The number of nitrogens with zero attached hydrogens (tertiary/aromatic N) is 1. The van der Waals surface area contributed by atoms with Gasteiger partial charge < -0.3 is 10.1 Å². The fourth-order valence-electron chi connectivity index (χ4n) is 1.37. The summed E-state index contributed by atoms with van der Waals surface area (Å²) in [4.78, 5) is 22.7. The molecule has 0 radical (unpaired) electrons. The van der Waals surface area contributed by atoms with Gasteiger partial charge in [0, 0.05) is 12.6 Å². The summed E-state index contributed by atoms with van der Waals surface area (Å²) >= 11 is 0. The largest absolute Gasteiger partial charge is 0.447 e. The first kappa shape index (κ1) is 15.4. The van der Waals surface area contributed by atoms with Gasteiger partial charge in [-0.25, -0.2) is 0 Å². The lowest BCUT2D eigenvalue weighted by Gasteiger charge is -2.05. The number of carbonyl (C=O) groups is 2. The van der Waals surface area contributed by atoms with Crippen molar-refractivity contribution in [1.82, 2.24) is 5.32 Å². The van der Waals surface area contributed by atoms with Crippen molar-refractivity contribution in [3.8, 4) is 6.07 Å². The predicted molar refractivity (Wildman–Crippen MR) is 74.3 cm³/mol. The molecule has 0 spiro atoms. The highest BCUT2D eigenvalue weighted by atomic mass is 16.5. The van der Waals surface area contributed by atoms with Crippen molar-refractivity contribution in [2.45, 2.75) is 19.4 Å². The highest BCUT2D eigenvalue weighted by molar-refractivity contribution is 5.91. The molecule has 1 rings (SSSR count). The van der Waals surface area contributed by atoms with E-state index in [1.807, 2.05) is 30.3 Å². The number of benzene rings is 1. The number of ether oxygens (including phenoxy) is 1. The number of nitriles is 1. The summed E-state index contributed by atoms with van der Waals surface area (Å²) < 4.78 is 4.74. The Balaban J connectivity index is 2.26. The van der Waals surface area contributed by atoms with Crippen LogP contribution in [0, 0.1) is 11.3 Å². The van der Waals surface area contributed by atoms with E-state index in [-0.39, 0.29) is 18.9 Å². The summed E-state index contributed by atoms with van der Waals surface area (Å²) in [6.45, 7) is 1.66. The Kier molecular flexibility index (Phi) is 6.55. The summed E-state index contributed by atoms with van der Waals surface area (Å²) in [7, 11) is 0. The molecule has 0 fully saturated rings. The lowest BCUT2D eigenvalue weighted by atomic mass is 10.2. The molecule has 1 aromatic rings. The Hall–Kier alpha value is -2.61. The van der Waals surface area contributed by atoms with Crippen molar-refractivity contribution in [1.29, 1.82) is 5.26 Å². The smallest absolute Gasteiger partial charge is 0.308 e. The third-order valence-corrected chi connectivity index (χ3v) is 2.35. The van der Waals surface area contributed by atoms with Gasteiger partial charge in [0.1, 0.15) is 6.07 Å². The first-order chi connectivity index (χ1) is 9.61. The van der Waals surface area contributed by atoms with Gasteiger partial charge in [0.05, 0.1) is 6.42 Å². The minimum Gasteiger partial charge on any atom is -0.447 e. The minimum absolute atomic E-state index is 0.0386. The average Bonchev–Trinajstić information content (AvgIpc) is 2.46. The SMILES string of the molecule is C[C@@H](C#N)OC(=O)CCNC(=O)/C=C/c1ccccc1. The molecule has 0 heterocycles. The van der Waals surface area contributed by atoms with Gasteiger partial charge >= 0.3 is 5.97 Å². The maximum absolute atomic E-state index is 11.5. The van der Waals surface area contributed by atoms with E-state index in [4.69, 9.17) is 10.00 Å². The Morgan fingerprint density at radius 1 is 1.40 bits per heavy atom. The summed E-state index contributed by atoms with van der Waals surface area (Å²) in [5, 5.41) is 11.0. The third kappa shape index (κ3) is 6.36. The topological polar surface area (TPSA) is 79.2 Å². The third-order valence-electron chi connectivity index (χ3n) is 2.35. The van der Waals surface area contributed by atoms with Crippen molar-refractivity contribution in [2.24, 2.45) is 0 Å². The fourth-order valence-corrected chi connectivity index (χ4v) is 1.37. The van der Waals surface area contributed by atoms with Gasteiger partial charge in [0.25, 0.3) is 0 Å². The number of hydrogen-bond acceptors (Lipinski definition) is 4. The molecule has 5 nitrogen and oxygen atoms in total.